The van der Waals surface area contributed by atoms with E-state index in [1.807, 2.05) is 0 Å². The fourth-order valence-electron chi connectivity index (χ4n) is 13.8. The van der Waals surface area contributed by atoms with Crippen LogP contribution in [0.15, 0.2) is 255 Å². The molecule has 2 aliphatic rings. The van der Waals surface area contributed by atoms with Gasteiger partial charge in [-0.1, -0.05) is 220 Å². The molecule has 360 valence electrons. The van der Waals surface area contributed by atoms with Crippen LogP contribution in [0.2, 0.25) is 26.2 Å². The van der Waals surface area contributed by atoms with Crippen molar-refractivity contribution in [1.29, 1.82) is 0 Å². The number of benzene rings is 13. The molecule has 15 rings (SSSR count). The molecule has 0 N–H and O–H groups in total. The van der Waals surface area contributed by atoms with Crippen LogP contribution in [0.1, 0.15) is 0 Å². The summed E-state index contributed by atoms with van der Waals surface area (Å²) in [5.74, 6) is 0. The van der Waals surface area contributed by atoms with Crippen LogP contribution in [-0.4, -0.2) is 16.1 Å². The van der Waals surface area contributed by atoms with Crippen LogP contribution in [0.3, 0.4) is 0 Å². The molecule has 0 spiro atoms. The highest BCUT2D eigenvalue weighted by Crippen LogP contribution is 2.49. The molecule has 2 aliphatic heterocycles. The molecule has 4 heteroatoms. The second-order valence-corrected chi connectivity index (χ2v) is 30.5. The van der Waals surface area contributed by atoms with E-state index in [2.05, 4.69) is 291 Å². The molecular formula is C72H54N2Si2. The summed E-state index contributed by atoms with van der Waals surface area (Å²) in [5.41, 5.74) is 17.6. The van der Waals surface area contributed by atoms with Gasteiger partial charge in [0, 0.05) is 34.1 Å². The first-order valence-corrected chi connectivity index (χ1v) is 32.8. The third-order valence-corrected chi connectivity index (χ3v) is 24.2. The summed E-state index contributed by atoms with van der Waals surface area (Å²) >= 11 is 0. The van der Waals surface area contributed by atoms with Crippen molar-refractivity contribution < 1.29 is 0 Å². The first kappa shape index (κ1) is 44.7. The van der Waals surface area contributed by atoms with Crippen LogP contribution < -0.4 is 30.5 Å². The van der Waals surface area contributed by atoms with Gasteiger partial charge in [-0.2, -0.15) is 0 Å². The van der Waals surface area contributed by atoms with E-state index >= 15 is 0 Å². The van der Waals surface area contributed by atoms with Gasteiger partial charge in [0.05, 0.1) is 0 Å². The summed E-state index contributed by atoms with van der Waals surface area (Å²) in [6, 6.07) is 95.8. The van der Waals surface area contributed by atoms with Crippen LogP contribution in [0.25, 0.3) is 87.6 Å². The fraction of sp³-hybridized carbons (Fsp3) is 0.0556. The maximum absolute atomic E-state index is 2.52. The fourth-order valence-corrected chi connectivity index (χ4v) is 20.6. The summed E-state index contributed by atoms with van der Waals surface area (Å²) in [6.45, 7) is 10.1. The van der Waals surface area contributed by atoms with Gasteiger partial charge in [-0.25, -0.2) is 0 Å². The van der Waals surface area contributed by atoms with Crippen molar-refractivity contribution in [2.45, 2.75) is 26.2 Å². The normalized spacial score (nSPS) is 13.7. The van der Waals surface area contributed by atoms with Gasteiger partial charge in [-0.3, -0.25) is 0 Å². The molecule has 2 nitrogen and oxygen atoms in total. The largest absolute Gasteiger partial charge is 0.311 e. The first-order valence-electron chi connectivity index (χ1n) is 26.8. The predicted octanol–water partition coefficient (Wildman–Crippen LogP) is 17.6. The smallest absolute Gasteiger partial charge is 0.116 e. The van der Waals surface area contributed by atoms with Crippen molar-refractivity contribution in [3.63, 3.8) is 0 Å². The number of nitrogens with zero attached hydrogens (tertiary/aromatic N) is 2. The standard InChI is InChI=1S/C72H54N2Si2/c1-75(2)65-31-15-13-23-57(65)61-27-17-29-63(71(61)75)73(51-19-7-5-8-20-51)53-41-35-47(36-42-53)55-45-39-49-33-34-50-40-46-56(70-60-26-12-11-25-59(60)69(55)67(49)68(50)70)48-37-43-54(44-38-48)74(52-21-9-6-10-22-52)64-30-18-28-62-58-24-14-16-32-66(58)76(3,4)72(62)64/h5-46H,1-4H3. The molecule has 0 atom stereocenters. The summed E-state index contributed by atoms with van der Waals surface area (Å²) in [6.07, 6.45) is 0. The molecule has 0 saturated heterocycles. The molecule has 0 fully saturated rings. The maximum Gasteiger partial charge on any atom is 0.116 e. The zero-order valence-electron chi connectivity index (χ0n) is 43.1. The van der Waals surface area contributed by atoms with E-state index in [0.717, 1.165) is 22.7 Å². The summed E-state index contributed by atoms with van der Waals surface area (Å²) in [5, 5.41) is 16.4. The Morgan fingerprint density at radius 3 is 1.01 bits per heavy atom. The molecule has 0 saturated carbocycles. The van der Waals surface area contributed by atoms with Gasteiger partial charge < -0.3 is 9.80 Å². The minimum Gasteiger partial charge on any atom is -0.311 e. The van der Waals surface area contributed by atoms with E-state index in [1.165, 1.54) is 120 Å². The lowest BCUT2D eigenvalue weighted by Crippen LogP contribution is -2.50. The van der Waals surface area contributed by atoms with Gasteiger partial charge in [0.1, 0.15) is 16.1 Å². The topological polar surface area (TPSA) is 6.48 Å². The summed E-state index contributed by atoms with van der Waals surface area (Å²) in [4.78, 5) is 4.98. The van der Waals surface area contributed by atoms with Gasteiger partial charge in [0.25, 0.3) is 0 Å². The predicted molar refractivity (Wildman–Crippen MR) is 332 cm³/mol. The van der Waals surface area contributed by atoms with Gasteiger partial charge in [-0.05, 0) is 169 Å². The zero-order valence-corrected chi connectivity index (χ0v) is 45.1. The van der Waals surface area contributed by atoms with Gasteiger partial charge in [0.15, 0.2) is 0 Å². The van der Waals surface area contributed by atoms with E-state index in [0.29, 0.717) is 0 Å². The zero-order chi connectivity index (χ0) is 50.9. The summed E-state index contributed by atoms with van der Waals surface area (Å²) < 4.78 is 0. The number of rotatable bonds is 8. The molecule has 0 radical (unpaired) electrons. The quantitative estimate of drug-likeness (QED) is 0.0850. The van der Waals surface area contributed by atoms with Crippen molar-refractivity contribution >= 4 is 114 Å². The van der Waals surface area contributed by atoms with Crippen molar-refractivity contribution in [2.24, 2.45) is 0 Å². The molecule has 76 heavy (non-hydrogen) atoms. The SMILES string of the molecule is C[Si]1(C)c2ccccc2-c2cccc(N(c3ccccc3)c3ccc(-c4ccc5ccc6ccc(-c7ccc(N(c8ccccc8)c8cccc9c8[Si](C)(C)c8ccccc8-9)cc7)c7c8ccccc8c4c5c67)cc3)c21. The molecule has 13 aromatic carbocycles. The van der Waals surface area contributed by atoms with Crippen molar-refractivity contribution in [3.8, 4) is 44.5 Å². The minimum absolute atomic E-state index is 1.15. The van der Waals surface area contributed by atoms with Crippen LogP contribution >= 0.6 is 0 Å². The van der Waals surface area contributed by atoms with E-state index in [9.17, 15) is 0 Å². The molecule has 0 unspecified atom stereocenters. The highest BCUT2D eigenvalue weighted by atomic mass is 28.3. The minimum atomic E-state index is -2.03. The lowest BCUT2D eigenvalue weighted by molar-refractivity contribution is 1.29. The Morgan fingerprint density at radius 1 is 0.250 bits per heavy atom. The van der Waals surface area contributed by atoms with Crippen LogP contribution in [0, 0.1) is 0 Å². The second kappa shape index (κ2) is 16.9. The van der Waals surface area contributed by atoms with Gasteiger partial charge >= 0.3 is 0 Å². The first-order chi connectivity index (χ1) is 37.3. The highest BCUT2D eigenvalue weighted by Gasteiger charge is 2.42. The molecule has 13 aromatic rings. The van der Waals surface area contributed by atoms with Crippen molar-refractivity contribution in [3.05, 3.63) is 255 Å². The number of hydrogen-bond donors (Lipinski definition) is 0. The van der Waals surface area contributed by atoms with E-state index in [1.54, 1.807) is 0 Å². The van der Waals surface area contributed by atoms with Crippen molar-refractivity contribution in [1.82, 2.24) is 0 Å². The third-order valence-electron chi connectivity index (χ3n) is 17.1. The van der Waals surface area contributed by atoms with Crippen LogP contribution in [0.4, 0.5) is 34.1 Å². The molecular weight excluding hydrogens is 949 g/mol. The van der Waals surface area contributed by atoms with Crippen LogP contribution in [-0.2, 0) is 0 Å². The van der Waals surface area contributed by atoms with E-state index in [-0.39, 0.29) is 0 Å². The molecule has 0 aromatic heterocycles. The number of fused-ring (bicyclic) bond motifs is 9. The molecule has 2 heterocycles. The average Bonchev–Trinajstić information content (AvgIpc) is 3.96. The maximum atomic E-state index is 2.52. The third kappa shape index (κ3) is 6.51. The highest BCUT2D eigenvalue weighted by molar-refractivity contribution is 7.05. The Labute approximate surface area is 446 Å². The van der Waals surface area contributed by atoms with E-state index in [4.69, 9.17) is 0 Å². The van der Waals surface area contributed by atoms with Crippen molar-refractivity contribution in [2.75, 3.05) is 9.80 Å². The Hall–Kier alpha value is -8.81. The Balaban J connectivity index is 0.863. The lowest BCUT2D eigenvalue weighted by Gasteiger charge is -2.31. The Bertz CT molecular complexity index is 4160. The monoisotopic (exact) mass is 1000 g/mol. The second-order valence-electron chi connectivity index (χ2n) is 22.0. The average molecular weight is 1000 g/mol. The molecule has 0 bridgehead atoms. The number of para-hydroxylation sites is 2. The van der Waals surface area contributed by atoms with E-state index < -0.39 is 16.1 Å². The molecule has 0 aliphatic carbocycles. The number of anilines is 6. The summed E-state index contributed by atoms with van der Waals surface area (Å²) in [7, 11) is -4.05. The Kier molecular flexibility index (Phi) is 9.90. The lowest BCUT2D eigenvalue weighted by atomic mass is 9.83. The van der Waals surface area contributed by atoms with Gasteiger partial charge in [-0.15, -0.1) is 0 Å². The Morgan fingerprint density at radius 2 is 0.592 bits per heavy atom. The van der Waals surface area contributed by atoms with Crippen LogP contribution in [0.5, 0.6) is 0 Å². The number of hydrogen-bond acceptors (Lipinski definition) is 2. The molecule has 0 amide bonds. The van der Waals surface area contributed by atoms with Gasteiger partial charge in [0.2, 0.25) is 0 Å².